The number of non-ortho nitro benzene ring substituents is 1. The van der Waals surface area contributed by atoms with Gasteiger partial charge in [-0.15, -0.1) is 10.2 Å². The molecule has 0 aliphatic carbocycles. The summed E-state index contributed by atoms with van der Waals surface area (Å²) in [5.41, 5.74) is 0.311. The summed E-state index contributed by atoms with van der Waals surface area (Å²) in [4.78, 5) is 10.1. The number of nitro groups is 1. The summed E-state index contributed by atoms with van der Waals surface area (Å²) >= 11 is 0. The van der Waals surface area contributed by atoms with Gasteiger partial charge in [-0.1, -0.05) is 0 Å². The minimum Gasteiger partial charge on any atom is -0.418 e. The van der Waals surface area contributed by atoms with E-state index >= 15 is 0 Å². The summed E-state index contributed by atoms with van der Waals surface area (Å²) in [6.45, 7) is -0.579. The zero-order chi connectivity index (χ0) is 18.1. The smallest absolute Gasteiger partial charge is 0.269 e. The Morgan fingerprint density at radius 3 is 2.36 bits per heavy atom. The van der Waals surface area contributed by atoms with Crippen molar-refractivity contribution in [1.82, 2.24) is 10.2 Å². The van der Waals surface area contributed by atoms with Crippen molar-refractivity contribution in [3.8, 4) is 11.5 Å². The van der Waals surface area contributed by atoms with Crippen LogP contribution in [0.2, 0.25) is 0 Å². The van der Waals surface area contributed by atoms with Gasteiger partial charge in [-0.25, -0.2) is 0 Å². The first-order valence-corrected chi connectivity index (χ1v) is 7.31. The Morgan fingerprint density at radius 2 is 1.76 bits per heavy atom. The molecule has 1 saturated heterocycles. The number of nitro benzene ring substituents is 1. The molecule has 1 aromatic heterocycles. The Kier molecular flexibility index (Phi) is 4.74. The van der Waals surface area contributed by atoms with Crippen molar-refractivity contribution in [2.75, 3.05) is 6.61 Å². The number of benzene rings is 1. The van der Waals surface area contributed by atoms with E-state index in [0.29, 0.717) is 5.56 Å². The van der Waals surface area contributed by atoms with E-state index in [1.54, 1.807) is 0 Å². The second-order valence-corrected chi connectivity index (χ2v) is 5.50. The Morgan fingerprint density at radius 1 is 1.08 bits per heavy atom. The minimum absolute atomic E-state index is 0.0295. The van der Waals surface area contributed by atoms with E-state index in [-0.39, 0.29) is 17.5 Å². The van der Waals surface area contributed by atoms with Crippen LogP contribution in [0.1, 0.15) is 12.0 Å². The molecule has 3 rings (SSSR count). The third-order valence-corrected chi connectivity index (χ3v) is 3.90. The minimum atomic E-state index is -1.56. The quantitative estimate of drug-likeness (QED) is 0.401. The third-order valence-electron chi connectivity index (χ3n) is 3.90. The fourth-order valence-electron chi connectivity index (χ4n) is 2.50. The van der Waals surface area contributed by atoms with Gasteiger partial charge in [0.1, 0.15) is 24.4 Å². The molecule has 1 aromatic carbocycles. The fourth-order valence-corrected chi connectivity index (χ4v) is 2.50. The van der Waals surface area contributed by atoms with Gasteiger partial charge in [-0.05, 0) is 12.1 Å². The third kappa shape index (κ3) is 3.23. The molecule has 11 nitrogen and oxygen atoms in total. The molecule has 11 heteroatoms. The Balaban J connectivity index is 1.84. The number of aromatic nitrogens is 2. The normalized spacial score (nSPS) is 29.5. The maximum atomic E-state index is 10.7. The van der Waals surface area contributed by atoms with Crippen LogP contribution in [-0.2, 0) is 4.74 Å². The first kappa shape index (κ1) is 17.4. The van der Waals surface area contributed by atoms with Crippen molar-refractivity contribution in [2.45, 2.75) is 30.5 Å². The van der Waals surface area contributed by atoms with Crippen LogP contribution in [0.15, 0.2) is 28.7 Å². The second kappa shape index (κ2) is 6.82. The lowest BCUT2D eigenvalue weighted by Crippen LogP contribution is -2.55. The van der Waals surface area contributed by atoms with E-state index in [4.69, 9.17) is 9.15 Å². The second-order valence-electron chi connectivity index (χ2n) is 5.50. The molecule has 5 atom stereocenters. The van der Waals surface area contributed by atoms with E-state index in [1.165, 1.54) is 24.3 Å². The summed E-state index contributed by atoms with van der Waals surface area (Å²) in [6.07, 6.45) is -6.94. The number of hydrogen-bond acceptors (Lipinski definition) is 10. The molecule has 2 heterocycles. The van der Waals surface area contributed by atoms with Crippen LogP contribution in [0.3, 0.4) is 0 Å². The Hall–Kier alpha value is -2.44. The Labute approximate surface area is 140 Å². The van der Waals surface area contributed by atoms with Crippen molar-refractivity contribution in [2.24, 2.45) is 0 Å². The number of rotatable bonds is 4. The summed E-state index contributed by atoms with van der Waals surface area (Å²) in [7, 11) is 0. The maximum absolute atomic E-state index is 10.7. The van der Waals surface area contributed by atoms with E-state index in [9.17, 15) is 30.5 Å². The molecule has 1 aliphatic heterocycles. The average molecular weight is 353 g/mol. The molecule has 134 valence electrons. The zero-order valence-corrected chi connectivity index (χ0v) is 12.7. The van der Waals surface area contributed by atoms with Gasteiger partial charge in [-0.2, -0.15) is 0 Å². The van der Waals surface area contributed by atoms with Crippen LogP contribution in [0.5, 0.6) is 0 Å². The number of aliphatic hydroxyl groups excluding tert-OH is 4. The SMILES string of the molecule is O=[N+]([O-])c1ccc(-c2nnc([C@@H]3O[C@H](CO)[C@@H](O)[C@H](O)[C@H]3O)o2)cc1. The summed E-state index contributed by atoms with van der Waals surface area (Å²) in [5.74, 6) is -0.132. The van der Waals surface area contributed by atoms with E-state index in [1.807, 2.05) is 0 Å². The van der Waals surface area contributed by atoms with Crippen molar-refractivity contribution in [3.05, 3.63) is 40.3 Å². The summed E-state index contributed by atoms with van der Waals surface area (Å²) in [5, 5.41) is 56.9. The van der Waals surface area contributed by atoms with Gasteiger partial charge in [0.2, 0.25) is 11.8 Å². The topological polar surface area (TPSA) is 172 Å². The van der Waals surface area contributed by atoms with Crippen LogP contribution in [0.25, 0.3) is 11.5 Å². The lowest BCUT2D eigenvalue weighted by molar-refractivity contribution is -0.384. The molecule has 0 amide bonds. The standard InChI is InChI=1S/C14H15N3O8/c18-5-8-9(19)10(20)11(21)12(24-8)14-16-15-13(25-14)6-1-3-7(4-2-6)17(22)23/h1-4,8-12,18-21H,5H2/t8-,9-,10+,11-,12-/m1/s1. The molecular weight excluding hydrogens is 338 g/mol. The molecule has 0 unspecified atom stereocenters. The van der Waals surface area contributed by atoms with E-state index in [2.05, 4.69) is 10.2 Å². The molecule has 1 fully saturated rings. The fraction of sp³-hybridized carbons (Fsp3) is 0.429. The summed E-state index contributed by atoms with van der Waals surface area (Å²) in [6, 6.07) is 5.38. The van der Waals surface area contributed by atoms with Gasteiger partial charge >= 0.3 is 0 Å². The highest BCUT2D eigenvalue weighted by Crippen LogP contribution is 2.33. The predicted octanol–water partition coefficient (Wildman–Crippen LogP) is -0.840. The molecule has 0 spiro atoms. The molecule has 4 N–H and O–H groups in total. The number of aliphatic hydroxyl groups is 4. The van der Waals surface area contributed by atoms with Crippen LogP contribution in [0, 0.1) is 10.1 Å². The number of ether oxygens (including phenoxy) is 1. The van der Waals surface area contributed by atoms with Crippen molar-refractivity contribution < 1.29 is 34.5 Å². The van der Waals surface area contributed by atoms with Crippen LogP contribution >= 0.6 is 0 Å². The molecular formula is C14H15N3O8. The molecule has 0 bridgehead atoms. The van der Waals surface area contributed by atoms with E-state index in [0.717, 1.165) is 0 Å². The highest BCUT2D eigenvalue weighted by molar-refractivity contribution is 5.55. The lowest BCUT2D eigenvalue weighted by Gasteiger charge is -2.38. The van der Waals surface area contributed by atoms with Crippen molar-refractivity contribution >= 4 is 5.69 Å². The van der Waals surface area contributed by atoms with Crippen LogP contribution in [-0.4, -0.2) is 66.6 Å². The number of nitrogens with zero attached hydrogens (tertiary/aromatic N) is 3. The van der Waals surface area contributed by atoms with Gasteiger partial charge in [0.15, 0.2) is 6.10 Å². The van der Waals surface area contributed by atoms with Gasteiger partial charge in [0.05, 0.1) is 11.5 Å². The number of hydrogen-bond donors (Lipinski definition) is 4. The van der Waals surface area contributed by atoms with Gasteiger partial charge < -0.3 is 29.6 Å². The lowest BCUT2D eigenvalue weighted by atomic mass is 9.95. The van der Waals surface area contributed by atoms with Crippen LogP contribution in [0.4, 0.5) is 5.69 Å². The van der Waals surface area contributed by atoms with Gasteiger partial charge in [0.25, 0.3) is 5.69 Å². The Bertz CT molecular complexity index is 747. The largest absolute Gasteiger partial charge is 0.418 e. The van der Waals surface area contributed by atoms with Gasteiger partial charge in [0, 0.05) is 17.7 Å². The molecule has 25 heavy (non-hydrogen) atoms. The van der Waals surface area contributed by atoms with Crippen LogP contribution < -0.4 is 0 Å². The zero-order valence-electron chi connectivity index (χ0n) is 12.7. The van der Waals surface area contributed by atoms with Gasteiger partial charge in [-0.3, -0.25) is 10.1 Å². The highest BCUT2D eigenvalue weighted by Gasteiger charge is 2.46. The highest BCUT2D eigenvalue weighted by atomic mass is 16.6. The molecule has 1 aliphatic rings. The molecule has 0 saturated carbocycles. The average Bonchev–Trinajstić information content (AvgIpc) is 3.10. The molecule has 0 radical (unpaired) electrons. The maximum Gasteiger partial charge on any atom is 0.269 e. The van der Waals surface area contributed by atoms with E-state index < -0.39 is 42.1 Å². The van der Waals surface area contributed by atoms with Crippen molar-refractivity contribution in [3.63, 3.8) is 0 Å². The van der Waals surface area contributed by atoms with Crippen molar-refractivity contribution in [1.29, 1.82) is 0 Å². The molecule has 2 aromatic rings. The first-order chi connectivity index (χ1) is 11.9. The summed E-state index contributed by atoms with van der Waals surface area (Å²) < 4.78 is 10.7. The predicted molar refractivity (Wildman–Crippen MR) is 79.1 cm³/mol. The first-order valence-electron chi connectivity index (χ1n) is 7.31. The monoisotopic (exact) mass is 353 g/mol.